The van der Waals surface area contributed by atoms with Gasteiger partial charge in [-0.25, -0.2) is 9.79 Å². The highest BCUT2D eigenvalue weighted by molar-refractivity contribution is 6.34. The molecule has 1 aliphatic heterocycles. The number of hydrogen-bond acceptors (Lipinski definition) is 8. The van der Waals surface area contributed by atoms with E-state index in [1.165, 1.54) is 38.3 Å². The molecule has 0 aliphatic carbocycles. The summed E-state index contributed by atoms with van der Waals surface area (Å²) in [5.41, 5.74) is 0.595. The zero-order chi connectivity index (χ0) is 21.1. The SMILES string of the molecule is COc1cc(/C=C2\N=C(c3ccc([N+](=O)[O-])cc3Cl)OC2=O)ccc1OC(C)=O. The van der Waals surface area contributed by atoms with Crippen molar-refractivity contribution in [2.24, 2.45) is 4.99 Å². The van der Waals surface area contributed by atoms with Crippen LogP contribution in [-0.2, 0) is 14.3 Å². The Hall–Kier alpha value is -3.72. The van der Waals surface area contributed by atoms with Gasteiger partial charge in [-0.05, 0) is 29.8 Å². The van der Waals surface area contributed by atoms with E-state index in [4.69, 9.17) is 25.8 Å². The summed E-state index contributed by atoms with van der Waals surface area (Å²) < 4.78 is 15.3. The van der Waals surface area contributed by atoms with Gasteiger partial charge in [-0.1, -0.05) is 17.7 Å². The molecule has 148 valence electrons. The van der Waals surface area contributed by atoms with Crippen LogP contribution in [0.4, 0.5) is 5.69 Å². The number of nitro benzene ring substituents is 1. The average Bonchev–Trinajstić information content (AvgIpc) is 3.02. The number of ether oxygens (including phenoxy) is 3. The van der Waals surface area contributed by atoms with E-state index in [9.17, 15) is 19.7 Å². The summed E-state index contributed by atoms with van der Waals surface area (Å²) in [6.45, 7) is 1.27. The second kappa shape index (κ2) is 8.11. The normalized spacial score (nSPS) is 14.4. The van der Waals surface area contributed by atoms with Gasteiger partial charge >= 0.3 is 11.9 Å². The van der Waals surface area contributed by atoms with E-state index >= 15 is 0 Å². The number of carbonyl (C=O) groups is 2. The van der Waals surface area contributed by atoms with Crippen molar-refractivity contribution in [3.63, 3.8) is 0 Å². The maximum Gasteiger partial charge on any atom is 0.363 e. The fourth-order valence-electron chi connectivity index (χ4n) is 2.49. The van der Waals surface area contributed by atoms with Gasteiger partial charge in [-0.3, -0.25) is 14.9 Å². The van der Waals surface area contributed by atoms with Gasteiger partial charge in [0.05, 0.1) is 22.6 Å². The first-order valence-corrected chi connectivity index (χ1v) is 8.49. The Balaban J connectivity index is 1.93. The zero-order valence-corrected chi connectivity index (χ0v) is 15.9. The Morgan fingerprint density at radius 3 is 2.62 bits per heavy atom. The molecule has 10 heteroatoms. The van der Waals surface area contributed by atoms with E-state index in [1.807, 2.05) is 0 Å². The molecule has 0 N–H and O–H groups in total. The first-order valence-electron chi connectivity index (χ1n) is 8.12. The van der Waals surface area contributed by atoms with Gasteiger partial charge in [0.15, 0.2) is 17.2 Å². The largest absolute Gasteiger partial charge is 0.493 e. The van der Waals surface area contributed by atoms with Gasteiger partial charge in [-0.15, -0.1) is 0 Å². The van der Waals surface area contributed by atoms with Crippen molar-refractivity contribution in [1.82, 2.24) is 0 Å². The number of aliphatic imine (C=N–C) groups is 1. The maximum atomic E-state index is 12.2. The van der Waals surface area contributed by atoms with Crippen LogP contribution in [0.15, 0.2) is 47.1 Å². The fourth-order valence-corrected chi connectivity index (χ4v) is 2.74. The number of rotatable bonds is 5. The quantitative estimate of drug-likeness (QED) is 0.240. The Labute approximate surface area is 169 Å². The Bertz CT molecular complexity index is 1090. The lowest BCUT2D eigenvalue weighted by Gasteiger charge is -2.08. The second-order valence-corrected chi connectivity index (χ2v) is 6.17. The van der Waals surface area contributed by atoms with Crippen LogP contribution in [0.1, 0.15) is 18.1 Å². The lowest BCUT2D eigenvalue weighted by Crippen LogP contribution is -2.06. The van der Waals surface area contributed by atoms with Crippen LogP contribution in [0.25, 0.3) is 6.08 Å². The molecule has 2 aromatic carbocycles. The summed E-state index contributed by atoms with van der Waals surface area (Å²) in [6, 6.07) is 8.42. The molecular weight excluding hydrogens is 404 g/mol. The second-order valence-electron chi connectivity index (χ2n) is 5.76. The average molecular weight is 417 g/mol. The highest BCUT2D eigenvalue weighted by Crippen LogP contribution is 2.31. The number of non-ortho nitro benzene ring substituents is 1. The first kappa shape index (κ1) is 20.0. The number of methoxy groups -OCH3 is 1. The zero-order valence-electron chi connectivity index (χ0n) is 15.2. The molecule has 0 fully saturated rings. The summed E-state index contributed by atoms with van der Waals surface area (Å²) in [7, 11) is 1.41. The van der Waals surface area contributed by atoms with Crippen molar-refractivity contribution in [3.8, 4) is 11.5 Å². The number of hydrogen-bond donors (Lipinski definition) is 0. The molecule has 2 aromatic rings. The van der Waals surface area contributed by atoms with Gasteiger partial charge < -0.3 is 14.2 Å². The summed E-state index contributed by atoms with van der Waals surface area (Å²) in [4.78, 5) is 37.6. The molecule has 3 rings (SSSR count). The first-order chi connectivity index (χ1) is 13.8. The van der Waals surface area contributed by atoms with E-state index in [-0.39, 0.29) is 33.6 Å². The highest BCUT2D eigenvalue weighted by Gasteiger charge is 2.26. The number of carbonyl (C=O) groups excluding carboxylic acids is 2. The van der Waals surface area contributed by atoms with Gasteiger partial charge in [0.2, 0.25) is 5.90 Å². The van der Waals surface area contributed by atoms with Gasteiger partial charge in [0.25, 0.3) is 5.69 Å². The molecule has 29 heavy (non-hydrogen) atoms. The molecule has 0 bridgehead atoms. The minimum Gasteiger partial charge on any atom is -0.493 e. The van der Waals surface area contributed by atoms with Crippen LogP contribution in [0.3, 0.4) is 0 Å². The number of cyclic esters (lactones) is 1. The molecule has 0 unspecified atom stereocenters. The Morgan fingerprint density at radius 1 is 1.24 bits per heavy atom. The maximum absolute atomic E-state index is 12.2. The smallest absolute Gasteiger partial charge is 0.363 e. The standard InChI is InChI=1S/C19H13ClN2O7/c1-10(23)28-16-6-3-11(8-17(16)27-2)7-15-19(24)29-18(21-15)13-5-4-12(22(25)26)9-14(13)20/h3-9H,1-2H3/b15-7-. The molecule has 1 heterocycles. The van der Waals surface area contributed by atoms with E-state index in [1.54, 1.807) is 12.1 Å². The van der Waals surface area contributed by atoms with Crippen LogP contribution in [0.2, 0.25) is 5.02 Å². The number of benzene rings is 2. The summed E-state index contributed by atoms with van der Waals surface area (Å²) in [5, 5.41) is 10.8. The summed E-state index contributed by atoms with van der Waals surface area (Å²) in [5.74, 6) is -0.744. The van der Waals surface area contributed by atoms with E-state index in [0.29, 0.717) is 11.3 Å². The molecule has 0 spiro atoms. The van der Waals surface area contributed by atoms with Crippen LogP contribution < -0.4 is 9.47 Å². The molecule has 9 nitrogen and oxygen atoms in total. The minimum atomic E-state index is -0.711. The molecular formula is C19H13ClN2O7. The van der Waals surface area contributed by atoms with Crippen molar-refractivity contribution in [1.29, 1.82) is 0 Å². The van der Waals surface area contributed by atoms with E-state index in [0.717, 1.165) is 6.07 Å². The van der Waals surface area contributed by atoms with Crippen molar-refractivity contribution in [2.75, 3.05) is 7.11 Å². The van der Waals surface area contributed by atoms with Crippen LogP contribution in [0.5, 0.6) is 11.5 Å². The monoisotopic (exact) mass is 416 g/mol. The van der Waals surface area contributed by atoms with Gasteiger partial charge in [0.1, 0.15) is 0 Å². The van der Waals surface area contributed by atoms with Crippen LogP contribution in [-0.4, -0.2) is 29.9 Å². The third-order valence-electron chi connectivity index (χ3n) is 3.76. The molecule has 0 saturated carbocycles. The number of nitrogens with zero attached hydrogens (tertiary/aromatic N) is 2. The molecule has 0 aromatic heterocycles. The van der Waals surface area contributed by atoms with Gasteiger partial charge in [-0.2, -0.15) is 0 Å². The predicted octanol–water partition coefficient (Wildman–Crippen LogP) is 3.53. The van der Waals surface area contributed by atoms with Crippen molar-refractivity contribution >= 4 is 41.2 Å². The lowest BCUT2D eigenvalue weighted by atomic mass is 10.1. The van der Waals surface area contributed by atoms with E-state index < -0.39 is 16.9 Å². The Morgan fingerprint density at radius 2 is 2.00 bits per heavy atom. The fraction of sp³-hybridized carbons (Fsp3) is 0.105. The minimum absolute atomic E-state index is 0.00305. The highest BCUT2D eigenvalue weighted by atomic mass is 35.5. The molecule has 0 atom stereocenters. The Kier molecular flexibility index (Phi) is 5.60. The molecule has 0 radical (unpaired) electrons. The van der Waals surface area contributed by atoms with Crippen LogP contribution in [0, 0.1) is 10.1 Å². The van der Waals surface area contributed by atoms with Crippen molar-refractivity contribution in [3.05, 3.63) is 68.4 Å². The molecule has 0 amide bonds. The topological polar surface area (TPSA) is 117 Å². The predicted molar refractivity (Wildman–Crippen MR) is 103 cm³/mol. The molecule has 0 saturated heterocycles. The molecule has 1 aliphatic rings. The summed E-state index contributed by atoms with van der Waals surface area (Å²) >= 11 is 6.05. The van der Waals surface area contributed by atoms with Crippen molar-refractivity contribution < 1.29 is 28.7 Å². The number of esters is 2. The lowest BCUT2D eigenvalue weighted by molar-refractivity contribution is -0.384. The van der Waals surface area contributed by atoms with Gasteiger partial charge in [0, 0.05) is 19.1 Å². The van der Waals surface area contributed by atoms with Crippen LogP contribution >= 0.6 is 11.6 Å². The van der Waals surface area contributed by atoms with E-state index in [2.05, 4.69) is 4.99 Å². The number of nitro groups is 1. The third-order valence-corrected chi connectivity index (χ3v) is 4.07. The van der Waals surface area contributed by atoms with Crippen molar-refractivity contribution in [2.45, 2.75) is 6.92 Å². The third kappa shape index (κ3) is 4.41. The number of halogens is 1. The summed E-state index contributed by atoms with van der Waals surface area (Å²) in [6.07, 6.45) is 1.45.